The third kappa shape index (κ3) is 3.03. The molecule has 0 heterocycles. The van der Waals surface area contributed by atoms with Crippen LogP contribution in [-0.4, -0.2) is 12.5 Å². The van der Waals surface area contributed by atoms with Crippen molar-refractivity contribution in [3.63, 3.8) is 0 Å². The molecule has 0 rings (SSSR count). The third-order valence-electron chi connectivity index (χ3n) is 1.83. The smallest absolute Gasteiger partial charge is 0.226 e. The molecule has 11 heavy (non-hydrogen) atoms. The van der Waals surface area contributed by atoms with Crippen molar-refractivity contribution in [1.82, 2.24) is 5.32 Å². The summed E-state index contributed by atoms with van der Waals surface area (Å²) in [6.07, 6.45) is 0.782. The number of hydrogen-bond acceptors (Lipinski definition) is 2. The Kier molecular flexibility index (Phi) is 3.59. The normalized spacial score (nSPS) is 10.4. The van der Waals surface area contributed by atoms with Gasteiger partial charge in [0.05, 0.1) is 6.07 Å². The molecule has 0 unspecified atom stereocenters. The highest BCUT2D eigenvalue weighted by molar-refractivity contribution is 5.81. The lowest BCUT2D eigenvalue weighted by Crippen LogP contribution is -2.36. The molecule has 0 aliphatic carbocycles. The first-order valence-corrected chi connectivity index (χ1v) is 3.70. The molecule has 0 aromatic rings. The monoisotopic (exact) mass is 154 g/mol. The number of carbonyl (C=O) groups excluding carboxylic acids is 1. The number of nitrogens with one attached hydrogen (secondary N) is 1. The van der Waals surface area contributed by atoms with Crippen LogP contribution in [0.4, 0.5) is 0 Å². The number of nitriles is 1. The molecule has 0 saturated heterocycles. The lowest BCUT2D eigenvalue weighted by atomic mass is 9.89. The van der Waals surface area contributed by atoms with Gasteiger partial charge in [0, 0.05) is 5.41 Å². The van der Waals surface area contributed by atoms with Crippen LogP contribution in [0.25, 0.3) is 0 Å². The Bertz CT molecular complexity index is 179. The maximum atomic E-state index is 11.2. The Morgan fingerprint density at radius 2 is 2.18 bits per heavy atom. The minimum absolute atomic E-state index is 0.0541. The number of hydrogen-bond donors (Lipinski definition) is 1. The minimum Gasteiger partial charge on any atom is -0.343 e. The van der Waals surface area contributed by atoms with Crippen molar-refractivity contribution in [2.45, 2.75) is 27.2 Å². The van der Waals surface area contributed by atoms with Gasteiger partial charge in [-0.1, -0.05) is 20.8 Å². The second kappa shape index (κ2) is 3.97. The summed E-state index contributed by atoms with van der Waals surface area (Å²) in [6, 6.07) is 1.86. The van der Waals surface area contributed by atoms with Crippen LogP contribution in [0.15, 0.2) is 0 Å². The van der Waals surface area contributed by atoms with Crippen molar-refractivity contribution in [2.75, 3.05) is 6.54 Å². The van der Waals surface area contributed by atoms with E-state index >= 15 is 0 Å². The zero-order chi connectivity index (χ0) is 8.91. The molecule has 62 valence electrons. The molecule has 0 aliphatic rings. The van der Waals surface area contributed by atoms with E-state index in [4.69, 9.17) is 5.26 Å². The van der Waals surface area contributed by atoms with E-state index in [2.05, 4.69) is 5.32 Å². The number of amides is 1. The van der Waals surface area contributed by atoms with E-state index < -0.39 is 0 Å². The molecular formula is C8H14N2O. The lowest BCUT2D eigenvalue weighted by Gasteiger charge is -2.20. The predicted octanol–water partition coefficient (Wildman–Crippen LogP) is 1.06. The van der Waals surface area contributed by atoms with Gasteiger partial charge in [-0.3, -0.25) is 4.79 Å². The molecule has 0 radical (unpaired) electrons. The quantitative estimate of drug-likeness (QED) is 0.618. The lowest BCUT2D eigenvalue weighted by molar-refractivity contribution is -0.129. The molecule has 0 aliphatic heterocycles. The van der Waals surface area contributed by atoms with Crippen molar-refractivity contribution in [1.29, 1.82) is 5.26 Å². The Morgan fingerprint density at radius 3 is 2.55 bits per heavy atom. The van der Waals surface area contributed by atoms with Crippen molar-refractivity contribution in [2.24, 2.45) is 5.41 Å². The average molecular weight is 154 g/mol. The summed E-state index contributed by atoms with van der Waals surface area (Å²) in [6.45, 7) is 5.77. The van der Waals surface area contributed by atoms with E-state index in [1.807, 2.05) is 26.8 Å². The van der Waals surface area contributed by atoms with Gasteiger partial charge in [0.25, 0.3) is 0 Å². The first-order valence-electron chi connectivity index (χ1n) is 3.70. The second-order valence-electron chi connectivity index (χ2n) is 3.08. The van der Waals surface area contributed by atoms with Gasteiger partial charge in [-0.2, -0.15) is 5.26 Å². The highest BCUT2D eigenvalue weighted by atomic mass is 16.2. The predicted molar refractivity (Wildman–Crippen MR) is 42.7 cm³/mol. The fourth-order valence-corrected chi connectivity index (χ4v) is 0.520. The summed E-state index contributed by atoms with van der Waals surface area (Å²) in [5, 5.41) is 10.7. The molecule has 0 bridgehead atoms. The average Bonchev–Trinajstić information content (AvgIpc) is 2.00. The molecular weight excluding hydrogens is 140 g/mol. The molecule has 0 aromatic heterocycles. The van der Waals surface area contributed by atoms with E-state index in [0.717, 1.165) is 6.42 Å². The van der Waals surface area contributed by atoms with Crippen LogP contribution in [0.2, 0.25) is 0 Å². The van der Waals surface area contributed by atoms with Gasteiger partial charge in [-0.15, -0.1) is 0 Å². The summed E-state index contributed by atoms with van der Waals surface area (Å²) < 4.78 is 0. The Labute approximate surface area is 67.4 Å². The summed E-state index contributed by atoms with van der Waals surface area (Å²) in [4.78, 5) is 11.2. The fourth-order valence-electron chi connectivity index (χ4n) is 0.520. The van der Waals surface area contributed by atoms with Gasteiger partial charge in [0.15, 0.2) is 0 Å². The van der Waals surface area contributed by atoms with Gasteiger partial charge >= 0.3 is 0 Å². The Hall–Kier alpha value is -1.04. The SMILES string of the molecule is CCC(C)(C)C(=O)NCC#N. The van der Waals surface area contributed by atoms with Gasteiger partial charge in [0.1, 0.15) is 6.54 Å². The van der Waals surface area contributed by atoms with Crippen LogP contribution in [0, 0.1) is 16.7 Å². The number of carbonyl (C=O) groups is 1. The molecule has 1 amide bonds. The fraction of sp³-hybridized carbons (Fsp3) is 0.750. The van der Waals surface area contributed by atoms with Crippen molar-refractivity contribution >= 4 is 5.91 Å². The number of nitrogens with zero attached hydrogens (tertiary/aromatic N) is 1. The van der Waals surface area contributed by atoms with E-state index in [0.29, 0.717) is 0 Å². The third-order valence-corrected chi connectivity index (χ3v) is 1.83. The molecule has 0 aromatic carbocycles. The first kappa shape index (κ1) is 9.96. The van der Waals surface area contributed by atoms with Crippen LogP contribution in [0.1, 0.15) is 27.2 Å². The zero-order valence-corrected chi connectivity index (χ0v) is 7.27. The van der Waals surface area contributed by atoms with Crippen LogP contribution in [0.3, 0.4) is 0 Å². The number of rotatable bonds is 3. The summed E-state index contributed by atoms with van der Waals surface area (Å²) >= 11 is 0. The van der Waals surface area contributed by atoms with E-state index in [1.54, 1.807) is 0 Å². The molecule has 0 atom stereocenters. The first-order chi connectivity index (χ1) is 5.04. The van der Waals surface area contributed by atoms with Crippen LogP contribution < -0.4 is 5.32 Å². The van der Waals surface area contributed by atoms with Gasteiger partial charge in [-0.25, -0.2) is 0 Å². The molecule has 3 nitrogen and oxygen atoms in total. The van der Waals surface area contributed by atoms with Crippen molar-refractivity contribution in [3.8, 4) is 6.07 Å². The van der Waals surface area contributed by atoms with Crippen LogP contribution in [0.5, 0.6) is 0 Å². The van der Waals surface area contributed by atoms with Crippen LogP contribution >= 0.6 is 0 Å². The Balaban J connectivity index is 3.94. The summed E-state index contributed by atoms with van der Waals surface area (Å²) in [5.74, 6) is -0.0541. The van der Waals surface area contributed by atoms with Gasteiger partial charge in [0.2, 0.25) is 5.91 Å². The largest absolute Gasteiger partial charge is 0.343 e. The highest BCUT2D eigenvalue weighted by Crippen LogP contribution is 2.18. The molecule has 0 saturated carbocycles. The summed E-state index contributed by atoms with van der Waals surface area (Å²) in [7, 11) is 0. The van der Waals surface area contributed by atoms with Crippen LogP contribution in [-0.2, 0) is 4.79 Å². The topological polar surface area (TPSA) is 52.9 Å². The van der Waals surface area contributed by atoms with Gasteiger partial charge < -0.3 is 5.32 Å². The molecule has 0 spiro atoms. The maximum Gasteiger partial charge on any atom is 0.226 e. The molecule has 1 N–H and O–H groups in total. The zero-order valence-electron chi connectivity index (χ0n) is 7.27. The Morgan fingerprint density at radius 1 is 1.64 bits per heavy atom. The maximum absolute atomic E-state index is 11.2. The summed E-state index contributed by atoms with van der Waals surface area (Å²) in [5.41, 5.74) is -0.350. The van der Waals surface area contributed by atoms with E-state index in [9.17, 15) is 4.79 Å². The molecule has 0 fully saturated rings. The minimum atomic E-state index is -0.350. The van der Waals surface area contributed by atoms with Crippen molar-refractivity contribution < 1.29 is 4.79 Å². The van der Waals surface area contributed by atoms with Gasteiger partial charge in [-0.05, 0) is 6.42 Å². The molecule has 3 heteroatoms. The standard InChI is InChI=1S/C8H14N2O/c1-4-8(2,3)7(11)10-6-5-9/h4,6H2,1-3H3,(H,10,11). The van der Waals surface area contributed by atoms with E-state index in [-0.39, 0.29) is 17.9 Å². The van der Waals surface area contributed by atoms with Crippen molar-refractivity contribution in [3.05, 3.63) is 0 Å². The van der Waals surface area contributed by atoms with E-state index in [1.165, 1.54) is 0 Å². The highest BCUT2D eigenvalue weighted by Gasteiger charge is 2.24. The second-order valence-corrected chi connectivity index (χ2v) is 3.08.